The van der Waals surface area contributed by atoms with Crippen molar-refractivity contribution in [1.82, 2.24) is 9.88 Å². The highest BCUT2D eigenvalue weighted by Gasteiger charge is 2.43. The lowest BCUT2D eigenvalue weighted by Crippen LogP contribution is -2.47. The van der Waals surface area contributed by atoms with E-state index < -0.39 is 0 Å². The summed E-state index contributed by atoms with van der Waals surface area (Å²) >= 11 is 0. The van der Waals surface area contributed by atoms with Gasteiger partial charge in [-0.05, 0) is 54.2 Å². The van der Waals surface area contributed by atoms with Gasteiger partial charge in [-0.1, -0.05) is 31.0 Å². The maximum Gasteiger partial charge on any atom is 0.223 e. The number of aryl methyl sites for hydroxylation is 1. The fourth-order valence-electron chi connectivity index (χ4n) is 5.86. The molecule has 0 saturated heterocycles. The van der Waals surface area contributed by atoms with Gasteiger partial charge in [0.05, 0.1) is 0 Å². The van der Waals surface area contributed by atoms with E-state index in [0.29, 0.717) is 26.2 Å². The van der Waals surface area contributed by atoms with Crippen LogP contribution < -0.4 is 9.47 Å². The first-order valence-corrected chi connectivity index (χ1v) is 11.5. The Hall–Kier alpha value is -2.95. The third kappa shape index (κ3) is 3.18. The van der Waals surface area contributed by atoms with Crippen LogP contribution in [0.1, 0.15) is 48.8 Å². The molecule has 1 fully saturated rings. The van der Waals surface area contributed by atoms with Gasteiger partial charge in [-0.2, -0.15) is 0 Å². The number of fused-ring (bicyclic) bond motifs is 4. The van der Waals surface area contributed by atoms with Gasteiger partial charge in [-0.3, -0.25) is 4.79 Å². The number of aromatic amines is 1. The Bertz CT molecular complexity index is 1140. The van der Waals surface area contributed by atoms with Crippen molar-refractivity contribution in [2.75, 3.05) is 19.8 Å². The Labute approximate surface area is 182 Å². The van der Waals surface area contributed by atoms with Crippen LogP contribution in [0.25, 0.3) is 10.9 Å². The van der Waals surface area contributed by atoms with E-state index in [-0.39, 0.29) is 11.3 Å². The van der Waals surface area contributed by atoms with E-state index in [1.54, 1.807) is 0 Å². The molecule has 3 aromatic rings. The number of nitrogens with zero attached hydrogens (tertiary/aromatic N) is 1. The fraction of sp³-hybridized carbons (Fsp3) is 0.423. The molecule has 1 aromatic heterocycles. The standard InChI is InChI=1S/C26H28N2O3/c29-25(8-7-18-15-27-22-6-2-1-5-20(18)22)28-16-19-13-23-24(31-12-11-30-23)14-21(19)26(17-28)9-3-4-10-26/h1-2,5-6,13-15,27H,3-4,7-12,16-17H2. The maximum atomic E-state index is 13.3. The summed E-state index contributed by atoms with van der Waals surface area (Å²) in [5, 5.41) is 1.22. The quantitative estimate of drug-likeness (QED) is 0.672. The number of aromatic nitrogens is 1. The second-order valence-electron chi connectivity index (χ2n) is 9.25. The van der Waals surface area contributed by atoms with E-state index in [1.165, 1.54) is 34.9 Å². The van der Waals surface area contributed by atoms with Crippen LogP contribution >= 0.6 is 0 Å². The zero-order chi connectivity index (χ0) is 20.8. The molecule has 5 nitrogen and oxygen atoms in total. The molecular formula is C26H28N2O3. The van der Waals surface area contributed by atoms with Crippen molar-refractivity contribution in [3.05, 3.63) is 59.3 Å². The molecule has 1 amide bonds. The van der Waals surface area contributed by atoms with Crippen molar-refractivity contribution in [1.29, 1.82) is 0 Å². The van der Waals surface area contributed by atoms with Crippen molar-refractivity contribution >= 4 is 16.8 Å². The minimum absolute atomic E-state index is 0.0693. The van der Waals surface area contributed by atoms with Gasteiger partial charge in [0.1, 0.15) is 13.2 Å². The van der Waals surface area contributed by atoms with Crippen LogP contribution in [0, 0.1) is 0 Å². The third-order valence-electron chi connectivity index (χ3n) is 7.39. The molecule has 31 heavy (non-hydrogen) atoms. The van der Waals surface area contributed by atoms with Crippen LogP contribution in [0.2, 0.25) is 0 Å². The molecule has 1 saturated carbocycles. The molecule has 6 rings (SSSR count). The minimum Gasteiger partial charge on any atom is -0.486 e. The first-order valence-electron chi connectivity index (χ1n) is 11.5. The molecule has 0 radical (unpaired) electrons. The van der Waals surface area contributed by atoms with Gasteiger partial charge in [-0.15, -0.1) is 0 Å². The number of nitrogens with one attached hydrogen (secondary N) is 1. The van der Waals surface area contributed by atoms with Gasteiger partial charge >= 0.3 is 0 Å². The van der Waals surface area contributed by atoms with Gasteiger partial charge in [0.2, 0.25) is 5.91 Å². The van der Waals surface area contributed by atoms with E-state index in [9.17, 15) is 4.79 Å². The largest absolute Gasteiger partial charge is 0.486 e. The average molecular weight is 417 g/mol. The summed E-state index contributed by atoms with van der Waals surface area (Å²) < 4.78 is 11.7. The van der Waals surface area contributed by atoms with E-state index in [1.807, 2.05) is 12.3 Å². The molecule has 0 bridgehead atoms. The number of hydrogen-bond donors (Lipinski definition) is 1. The second-order valence-corrected chi connectivity index (χ2v) is 9.25. The van der Waals surface area contributed by atoms with Crippen molar-refractivity contribution in [3.8, 4) is 11.5 Å². The van der Waals surface area contributed by atoms with E-state index in [0.717, 1.165) is 42.8 Å². The summed E-state index contributed by atoms with van der Waals surface area (Å²) in [6.45, 7) is 2.69. The predicted octanol–water partition coefficient (Wildman–Crippen LogP) is 4.73. The van der Waals surface area contributed by atoms with Crippen LogP contribution in [0.3, 0.4) is 0 Å². The molecule has 3 heterocycles. The Kier molecular flexibility index (Phi) is 4.44. The molecule has 160 valence electrons. The third-order valence-corrected chi connectivity index (χ3v) is 7.39. The Morgan fingerprint density at radius 1 is 1.06 bits per heavy atom. The lowest BCUT2D eigenvalue weighted by atomic mass is 9.73. The summed E-state index contributed by atoms with van der Waals surface area (Å²) in [7, 11) is 0. The van der Waals surface area contributed by atoms with Gasteiger partial charge in [0, 0.05) is 42.0 Å². The van der Waals surface area contributed by atoms with E-state index in [4.69, 9.17) is 9.47 Å². The summed E-state index contributed by atoms with van der Waals surface area (Å²) in [6.07, 6.45) is 8.10. The summed E-state index contributed by atoms with van der Waals surface area (Å²) in [5.74, 6) is 1.94. The number of para-hydroxylation sites is 1. The molecule has 1 spiro atoms. The number of benzene rings is 2. The van der Waals surface area contributed by atoms with Crippen molar-refractivity contribution < 1.29 is 14.3 Å². The van der Waals surface area contributed by atoms with Crippen molar-refractivity contribution in [3.63, 3.8) is 0 Å². The summed E-state index contributed by atoms with van der Waals surface area (Å²) in [6, 6.07) is 12.6. The Balaban J connectivity index is 1.26. The highest BCUT2D eigenvalue weighted by atomic mass is 16.6. The molecule has 3 aliphatic rings. The predicted molar refractivity (Wildman–Crippen MR) is 120 cm³/mol. The normalized spacial score (nSPS) is 19.0. The topological polar surface area (TPSA) is 54.6 Å². The SMILES string of the molecule is O=C(CCc1c[nH]c2ccccc12)N1Cc2cc3c(cc2C2(CCCC2)C1)OCCO3. The molecule has 1 N–H and O–H groups in total. The van der Waals surface area contributed by atoms with Crippen LogP contribution in [0.15, 0.2) is 42.6 Å². The first-order chi connectivity index (χ1) is 15.2. The number of hydrogen-bond acceptors (Lipinski definition) is 3. The van der Waals surface area contributed by atoms with Crippen LogP contribution in [0.4, 0.5) is 0 Å². The first kappa shape index (κ1) is 18.8. The molecule has 2 aliphatic heterocycles. The Morgan fingerprint density at radius 2 is 1.84 bits per heavy atom. The number of rotatable bonds is 3. The van der Waals surface area contributed by atoms with Crippen LogP contribution in [0.5, 0.6) is 11.5 Å². The lowest BCUT2D eigenvalue weighted by molar-refractivity contribution is -0.133. The number of carbonyl (C=O) groups is 1. The summed E-state index contributed by atoms with van der Waals surface area (Å²) in [4.78, 5) is 18.7. The van der Waals surface area contributed by atoms with Gasteiger partial charge in [0.25, 0.3) is 0 Å². The number of carbonyl (C=O) groups excluding carboxylic acids is 1. The maximum absolute atomic E-state index is 13.3. The molecule has 5 heteroatoms. The van der Waals surface area contributed by atoms with E-state index in [2.05, 4.69) is 40.2 Å². The van der Waals surface area contributed by atoms with Gasteiger partial charge < -0.3 is 19.4 Å². The molecule has 2 aromatic carbocycles. The zero-order valence-corrected chi connectivity index (χ0v) is 17.8. The molecule has 0 unspecified atom stereocenters. The van der Waals surface area contributed by atoms with Crippen molar-refractivity contribution in [2.24, 2.45) is 0 Å². The number of amides is 1. The zero-order valence-electron chi connectivity index (χ0n) is 17.8. The number of ether oxygens (including phenoxy) is 2. The fourth-order valence-corrected chi connectivity index (χ4v) is 5.86. The smallest absolute Gasteiger partial charge is 0.223 e. The van der Waals surface area contributed by atoms with Crippen LogP contribution in [-0.2, 0) is 23.2 Å². The van der Waals surface area contributed by atoms with Crippen molar-refractivity contribution in [2.45, 2.75) is 50.5 Å². The second kappa shape index (κ2) is 7.33. The van der Waals surface area contributed by atoms with Crippen LogP contribution in [-0.4, -0.2) is 35.5 Å². The van der Waals surface area contributed by atoms with Gasteiger partial charge in [0.15, 0.2) is 11.5 Å². The molecule has 0 atom stereocenters. The highest BCUT2D eigenvalue weighted by molar-refractivity contribution is 5.84. The molecule has 1 aliphatic carbocycles. The Morgan fingerprint density at radius 3 is 2.68 bits per heavy atom. The monoisotopic (exact) mass is 416 g/mol. The molecular weight excluding hydrogens is 388 g/mol. The van der Waals surface area contributed by atoms with Gasteiger partial charge in [-0.25, -0.2) is 0 Å². The lowest BCUT2D eigenvalue weighted by Gasteiger charge is -2.43. The number of H-pyrrole nitrogens is 1. The highest BCUT2D eigenvalue weighted by Crippen LogP contribution is 2.49. The summed E-state index contributed by atoms with van der Waals surface area (Å²) in [5.41, 5.74) is 5.04. The minimum atomic E-state index is 0.0693. The van der Waals surface area contributed by atoms with E-state index >= 15 is 0 Å². The average Bonchev–Trinajstić information content (AvgIpc) is 3.44.